The Kier molecular flexibility index (Phi) is 6.19. The summed E-state index contributed by atoms with van der Waals surface area (Å²) in [5.41, 5.74) is 0.358. The highest BCUT2D eigenvalue weighted by Crippen LogP contribution is 2.26. The Morgan fingerprint density at radius 2 is 1.96 bits per heavy atom. The van der Waals surface area contributed by atoms with Gasteiger partial charge in [-0.25, -0.2) is 12.7 Å². The van der Waals surface area contributed by atoms with Crippen LogP contribution in [0.1, 0.15) is 22.2 Å². The van der Waals surface area contributed by atoms with Gasteiger partial charge in [-0.05, 0) is 52.5 Å². The van der Waals surface area contributed by atoms with Crippen LogP contribution in [-0.2, 0) is 16.6 Å². The summed E-state index contributed by atoms with van der Waals surface area (Å²) < 4.78 is 26.4. The summed E-state index contributed by atoms with van der Waals surface area (Å²) in [6.45, 7) is 2.96. The summed E-state index contributed by atoms with van der Waals surface area (Å²) in [5.74, 6) is -0.186. The number of thiophene rings is 1. The molecule has 0 aliphatic heterocycles. The van der Waals surface area contributed by atoms with Gasteiger partial charge >= 0.3 is 0 Å². The van der Waals surface area contributed by atoms with Crippen molar-refractivity contribution in [3.8, 4) is 0 Å². The van der Waals surface area contributed by atoms with E-state index in [9.17, 15) is 13.2 Å². The molecule has 0 unspecified atom stereocenters. The molecule has 0 N–H and O–H groups in total. The fraction of sp³-hybridized carbons (Fsp3) is 0.312. The molecule has 2 aromatic rings. The summed E-state index contributed by atoms with van der Waals surface area (Å²) in [6, 6.07) is 8.59. The van der Waals surface area contributed by atoms with Crippen molar-refractivity contribution in [2.24, 2.45) is 0 Å². The van der Waals surface area contributed by atoms with Crippen molar-refractivity contribution in [3.63, 3.8) is 0 Å². The van der Waals surface area contributed by atoms with Gasteiger partial charge in [0, 0.05) is 35.6 Å². The maximum Gasteiger partial charge on any atom is 0.254 e. The molecule has 0 radical (unpaired) electrons. The number of rotatable bonds is 6. The van der Waals surface area contributed by atoms with Crippen molar-refractivity contribution in [2.75, 3.05) is 20.6 Å². The van der Waals surface area contributed by atoms with E-state index in [0.717, 1.165) is 9.18 Å². The van der Waals surface area contributed by atoms with Crippen molar-refractivity contribution < 1.29 is 13.2 Å². The minimum Gasteiger partial charge on any atom is -0.334 e. The smallest absolute Gasteiger partial charge is 0.254 e. The predicted molar refractivity (Wildman–Crippen MR) is 99.7 cm³/mol. The maximum absolute atomic E-state index is 12.8. The first-order chi connectivity index (χ1) is 11.3. The number of sulfonamides is 1. The zero-order valence-electron chi connectivity index (χ0n) is 13.7. The number of hydrogen-bond acceptors (Lipinski definition) is 4. The molecule has 1 amide bonds. The van der Waals surface area contributed by atoms with Gasteiger partial charge in [-0.3, -0.25) is 4.79 Å². The molecule has 1 aromatic heterocycles. The van der Waals surface area contributed by atoms with Gasteiger partial charge in [0.15, 0.2) is 0 Å². The van der Waals surface area contributed by atoms with Crippen LogP contribution < -0.4 is 0 Å². The number of halogens is 1. The van der Waals surface area contributed by atoms with Gasteiger partial charge in [0.2, 0.25) is 10.0 Å². The molecule has 0 bridgehead atoms. The molecule has 0 fully saturated rings. The first kappa shape index (κ1) is 19.1. The summed E-state index contributed by atoms with van der Waals surface area (Å²) in [5, 5.41) is 1.97. The van der Waals surface area contributed by atoms with Crippen LogP contribution in [0.15, 0.2) is 45.1 Å². The van der Waals surface area contributed by atoms with Crippen molar-refractivity contribution in [1.82, 2.24) is 9.21 Å². The van der Waals surface area contributed by atoms with E-state index < -0.39 is 10.0 Å². The SMILES string of the molecule is CCN(Cc1cccs1)C(=O)c1ccc(Br)c(S(=O)(=O)N(C)C)c1. The molecule has 24 heavy (non-hydrogen) atoms. The van der Waals surface area contributed by atoms with Crippen LogP contribution >= 0.6 is 27.3 Å². The van der Waals surface area contributed by atoms with E-state index in [4.69, 9.17) is 0 Å². The molecular weight excluding hydrogens is 412 g/mol. The average molecular weight is 431 g/mol. The summed E-state index contributed by atoms with van der Waals surface area (Å²) in [6.07, 6.45) is 0. The van der Waals surface area contributed by atoms with E-state index in [0.29, 0.717) is 23.1 Å². The van der Waals surface area contributed by atoms with Crippen LogP contribution in [-0.4, -0.2) is 44.2 Å². The predicted octanol–water partition coefficient (Wildman–Crippen LogP) is 3.42. The normalized spacial score (nSPS) is 11.7. The number of nitrogens with zero attached hydrogens (tertiary/aromatic N) is 2. The van der Waals surface area contributed by atoms with E-state index in [1.165, 1.54) is 20.2 Å². The molecular formula is C16H19BrN2O3S2. The molecule has 0 aliphatic rings. The second kappa shape index (κ2) is 7.77. The maximum atomic E-state index is 12.8. The molecule has 8 heteroatoms. The monoisotopic (exact) mass is 430 g/mol. The molecule has 1 heterocycles. The second-order valence-corrected chi connectivity index (χ2v) is 9.34. The summed E-state index contributed by atoms with van der Waals surface area (Å²) in [7, 11) is -0.701. The lowest BCUT2D eigenvalue weighted by atomic mass is 10.2. The number of amides is 1. The first-order valence-electron chi connectivity index (χ1n) is 7.31. The standard InChI is InChI=1S/C16H19BrN2O3S2/c1-4-19(11-13-6-5-9-23-13)16(20)12-7-8-14(17)15(10-12)24(21,22)18(2)3/h5-10H,4,11H2,1-3H3. The Balaban J connectivity index is 2.36. The molecule has 2 rings (SSSR count). The minimum absolute atomic E-state index is 0.0885. The van der Waals surface area contributed by atoms with E-state index in [-0.39, 0.29) is 10.8 Å². The van der Waals surface area contributed by atoms with Crippen molar-refractivity contribution in [2.45, 2.75) is 18.4 Å². The highest BCUT2D eigenvalue weighted by Gasteiger charge is 2.23. The fourth-order valence-corrected chi connectivity index (χ4v) is 4.69. The first-order valence-corrected chi connectivity index (χ1v) is 10.4. The number of hydrogen-bond donors (Lipinski definition) is 0. The zero-order chi connectivity index (χ0) is 17.9. The molecule has 0 aliphatic carbocycles. The minimum atomic E-state index is -3.63. The molecule has 1 aromatic carbocycles. The van der Waals surface area contributed by atoms with Crippen molar-refractivity contribution >= 4 is 43.2 Å². The van der Waals surface area contributed by atoms with E-state index in [1.54, 1.807) is 28.4 Å². The number of benzene rings is 1. The lowest BCUT2D eigenvalue weighted by Crippen LogP contribution is -2.30. The van der Waals surface area contributed by atoms with E-state index in [1.807, 2.05) is 24.4 Å². The van der Waals surface area contributed by atoms with Gasteiger partial charge in [0.25, 0.3) is 5.91 Å². The third-order valence-electron chi connectivity index (χ3n) is 3.53. The highest BCUT2D eigenvalue weighted by molar-refractivity contribution is 9.10. The lowest BCUT2D eigenvalue weighted by Gasteiger charge is -2.21. The Morgan fingerprint density at radius 3 is 2.50 bits per heavy atom. The molecule has 0 atom stereocenters. The van der Waals surface area contributed by atoms with Crippen LogP contribution in [0.2, 0.25) is 0 Å². The van der Waals surface area contributed by atoms with Crippen LogP contribution in [0, 0.1) is 0 Å². The average Bonchev–Trinajstić information content (AvgIpc) is 3.05. The van der Waals surface area contributed by atoms with Gasteiger partial charge in [-0.15, -0.1) is 11.3 Å². The molecule has 0 saturated heterocycles. The molecule has 0 spiro atoms. The Labute approximate surface area is 155 Å². The fourth-order valence-electron chi connectivity index (χ4n) is 2.13. The number of carbonyl (C=O) groups is 1. The van der Waals surface area contributed by atoms with Crippen LogP contribution in [0.3, 0.4) is 0 Å². The van der Waals surface area contributed by atoms with Gasteiger partial charge in [0.05, 0.1) is 11.4 Å². The topological polar surface area (TPSA) is 57.7 Å². The van der Waals surface area contributed by atoms with Crippen molar-refractivity contribution in [1.29, 1.82) is 0 Å². The molecule has 0 saturated carbocycles. The van der Waals surface area contributed by atoms with Crippen molar-refractivity contribution in [3.05, 3.63) is 50.6 Å². The zero-order valence-corrected chi connectivity index (χ0v) is 16.9. The van der Waals surface area contributed by atoms with Gasteiger partial charge in [0.1, 0.15) is 0 Å². The number of carbonyl (C=O) groups excluding carboxylic acids is 1. The van der Waals surface area contributed by atoms with E-state index >= 15 is 0 Å². The van der Waals surface area contributed by atoms with Crippen LogP contribution in [0.4, 0.5) is 0 Å². The summed E-state index contributed by atoms with van der Waals surface area (Å²) in [4.78, 5) is 15.6. The molecule has 130 valence electrons. The van der Waals surface area contributed by atoms with Gasteiger partial charge < -0.3 is 4.90 Å². The lowest BCUT2D eigenvalue weighted by molar-refractivity contribution is 0.0754. The Bertz CT molecular complexity index is 818. The third kappa shape index (κ3) is 4.05. The quantitative estimate of drug-likeness (QED) is 0.704. The van der Waals surface area contributed by atoms with E-state index in [2.05, 4.69) is 15.9 Å². The Morgan fingerprint density at radius 1 is 1.25 bits per heavy atom. The Hall–Kier alpha value is -1.22. The van der Waals surface area contributed by atoms with Crippen LogP contribution in [0.5, 0.6) is 0 Å². The van der Waals surface area contributed by atoms with Crippen LogP contribution in [0.25, 0.3) is 0 Å². The van der Waals surface area contributed by atoms with Gasteiger partial charge in [-0.2, -0.15) is 0 Å². The largest absolute Gasteiger partial charge is 0.334 e. The third-order valence-corrected chi connectivity index (χ3v) is 7.20. The summed E-state index contributed by atoms with van der Waals surface area (Å²) >= 11 is 4.85. The molecule has 5 nitrogen and oxygen atoms in total. The van der Waals surface area contributed by atoms with Gasteiger partial charge in [-0.1, -0.05) is 6.07 Å². The highest BCUT2D eigenvalue weighted by atomic mass is 79.9. The second-order valence-electron chi connectivity index (χ2n) is 5.33.